The molecule has 1 aromatic carbocycles. The summed E-state index contributed by atoms with van der Waals surface area (Å²) in [5, 5.41) is 2.06. The van der Waals surface area contributed by atoms with Crippen LogP contribution in [0.15, 0.2) is 24.3 Å². The Morgan fingerprint density at radius 2 is 0.633 bits per heavy atom. The number of rotatable bonds is 7. The molecule has 0 aliphatic heterocycles. The molecule has 0 radical (unpaired) electrons. The third-order valence-electron chi connectivity index (χ3n) is 19.7. The number of hydrogen-bond donors (Lipinski definition) is 0. The van der Waals surface area contributed by atoms with E-state index in [1.54, 1.807) is 135 Å². The van der Waals surface area contributed by atoms with Gasteiger partial charge in [-0.05, 0) is 263 Å². The van der Waals surface area contributed by atoms with Crippen LogP contribution in [0, 0.1) is 94.7 Å². The highest BCUT2D eigenvalue weighted by Gasteiger charge is 2.59. The lowest BCUT2D eigenvalue weighted by Gasteiger charge is -2.63. The molecule has 0 atom stereocenters. The van der Waals surface area contributed by atoms with E-state index in [1.165, 1.54) is 0 Å². The summed E-state index contributed by atoms with van der Waals surface area (Å²) in [5.41, 5.74) is 6.48. The molecule has 0 spiro atoms. The average molecular weight is 693 g/mol. The van der Waals surface area contributed by atoms with Gasteiger partial charge in [0.25, 0.3) is 0 Å². The zero-order valence-electron chi connectivity index (χ0n) is 30.6. The summed E-state index contributed by atoms with van der Waals surface area (Å²) in [5.74, 6) is 17.9. The van der Waals surface area contributed by atoms with Crippen molar-refractivity contribution in [1.29, 1.82) is 0 Å². The van der Waals surface area contributed by atoms with Gasteiger partial charge in [0.2, 0.25) is 0 Å². The number of benzene rings is 1. The lowest BCUT2D eigenvalue weighted by Crippen LogP contribution is -2.54. The predicted octanol–water partition coefficient (Wildman–Crippen LogP) is 12.1. The summed E-state index contributed by atoms with van der Waals surface area (Å²) >= 11 is 0. The van der Waals surface area contributed by atoms with E-state index < -0.39 is 0 Å². The van der Waals surface area contributed by atoms with Crippen LogP contribution in [-0.2, 0) is 6.16 Å². The average Bonchev–Trinajstić information content (AvgIpc) is 3.06. The smallest absolute Gasteiger partial charge is 0.00614 e. The van der Waals surface area contributed by atoms with E-state index in [-0.39, 0.29) is 15.8 Å². The van der Waals surface area contributed by atoms with Crippen molar-refractivity contribution in [2.75, 3.05) is 0 Å². The highest BCUT2D eigenvalue weighted by atomic mass is 31.1. The molecule has 264 valence electrons. The molecule has 2 heteroatoms. The fourth-order valence-electron chi connectivity index (χ4n) is 19.6. The quantitative estimate of drug-likeness (QED) is 0.250. The minimum atomic E-state index is -0.0553. The lowest BCUT2D eigenvalue weighted by molar-refractivity contribution is 0.0129. The van der Waals surface area contributed by atoms with E-state index in [2.05, 4.69) is 29.6 Å². The monoisotopic (exact) mass is 692 g/mol. The Morgan fingerprint density at radius 3 is 0.959 bits per heavy atom. The van der Waals surface area contributed by atoms with Crippen molar-refractivity contribution in [3.63, 3.8) is 0 Å². The largest absolute Gasteiger partial charge is 0.0947 e. The van der Waals surface area contributed by atoms with Gasteiger partial charge in [0.05, 0.1) is 0 Å². The molecule has 0 saturated heterocycles. The molecule has 16 saturated carbocycles. The van der Waals surface area contributed by atoms with Crippen LogP contribution in [0.25, 0.3) is 0 Å². The SMILES string of the molecule is c1ccc(P(C2C3CC4CC(C3)CC2C4)C2C3CC4CC(C3)CC2C4)c(CP(C2C3CC4CC(C3)CC2C4)C2C3CC4CC(C3)CC2C4)c1. The van der Waals surface area contributed by atoms with Crippen LogP contribution in [0.3, 0.4) is 0 Å². The lowest BCUT2D eigenvalue weighted by atomic mass is 9.55. The summed E-state index contributed by atoms with van der Waals surface area (Å²) < 4.78 is 0. The maximum absolute atomic E-state index is 2.86. The van der Waals surface area contributed by atoms with E-state index in [0.29, 0.717) is 0 Å². The van der Waals surface area contributed by atoms with Gasteiger partial charge in [0, 0.05) is 0 Å². The summed E-state index contributed by atoms with van der Waals surface area (Å²) in [6.07, 6.45) is 34.4. The molecule has 0 unspecified atom stereocenters. The fourth-order valence-corrected chi connectivity index (χ4v) is 28.9. The molecule has 1 aromatic rings. The molecule has 16 fully saturated rings. The highest BCUT2D eigenvalue weighted by Crippen LogP contribution is 2.74. The predicted molar refractivity (Wildman–Crippen MR) is 207 cm³/mol. The molecule has 16 bridgehead atoms. The topological polar surface area (TPSA) is 0 Å². The molecule has 16 aliphatic rings. The molecule has 0 amide bonds. The first kappa shape index (κ1) is 30.4. The van der Waals surface area contributed by atoms with Crippen LogP contribution in [0.1, 0.15) is 134 Å². The Kier molecular flexibility index (Phi) is 7.02. The normalized spacial score (nSPS) is 57.7. The Hall–Kier alpha value is 0.0800. The van der Waals surface area contributed by atoms with Crippen molar-refractivity contribution < 1.29 is 0 Å². The summed E-state index contributed by atoms with van der Waals surface area (Å²) in [7, 11) is 0.0187. The summed E-state index contributed by atoms with van der Waals surface area (Å²) in [6, 6.07) is 10.8. The Labute approximate surface area is 301 Å². The van der Waals surface area contributed by atoms with Gasteiger partial charge in [-0.3, -0.25) is 0 Å². The molecular weight excluding hydrogens is 626 g/mol. The van der Waals surface area contributed by atoms with Crippen molar-refractivity contribution in [2.45, 2.75) is 157 Å². The van der Waals surface area contributed by atoms with Gasteiger partial charge in [-0.25, -0.2) is 0 Å². The van der Waals surface area contributed by atoms with E-state index in [4.69, 9.17) is 0 Å². The van der Waals surface area contributed by atoms with E-state index in [0.717, 1.165) is 117 Å². The van der Waals surface area contributed by atoms with Gasteiger partial charge >= 0.3 is 0 Å². The molecule has 49 heavy (non-hydrogen) atoms. The van der Waals surface area contributed by atoms with E-state index in [9.17, 15) is 0 Å². The Bertz CT molecular complexity index is 1260. The second-order valence-corrected chi connectivity index (χ2v) is 27.4. The Morgan fingerprint density at radius 1 is 0.347 bits per heavy atom. The van der Waals surface area contributed by atoms with Crippen LogP contribution in [0.2, 0.25) is 0 Å². The van der Waals surface area contributed by atoms with Gasteiger partial charge in [-0.15, -0.1) is 0 Å². The van der Waals surface area contributed by atoms with Crippen molar-refractivity contribution in [3.8, 4) is 0 Å². The fraction of sp³-hybridized carbons (Fsp3) is 0.872. The molecule has 0 aromatic heterocycles. The zero-order chi connectivity index (χ0) is 31.5. The second-order valence-electron chi connectivity index (χ2n) is 22.4. The summed E-state index contributed by atoms with van der Waals surface area (Å²) in [6.45, 7) is 0. The number of hydrogen-bond acceptors (Lipinski definition) is 0. The van der Waals surface area contributed by atoms with Crippen LogP contribution in [-0.4, -0.2) is 22.6 Å². The molecule has 17 rings (SSSR count). The van der Waals surface area contributed by atoms with Gasteiger partial charge < -0.3 is 0 Å². The molecule has 0 nitrogen and oxygen atoms in total. The van der Waals surface area contributed by atoms with Crippen molar-refractivity contribution >= 4 is 21.1 Å². The molecule has 16 aliphatic carbocycles. The molecule has 0 heterocycles. The third kappa shape index (κ3) is 4.72. The maximum Gasteiger partial charge on any atom is -0.00614 e. The van der Waals surface area contributed by atoms with Crippen LogP contribution < -0.4 is 5.30 Å². The van der Waals surface area contributed by atoms with Crippen LogP contribution in [0.5, 0.6) is 0 Å². The van der Waals surface area contributed by atoms with Gasteiger partial charge in [0.15, 0.2) is 0 Å². The van der Waals surface area contributed by atoms with Crippen LogP contribution in [0.4, 0.5) is 0 Å². The van der Waals surface area contributed by atoms with Crippen molar-refractivity contribution in [1.82, 2.24) is 0 Å². The second kappa shape index (κ2) is 11.3. The first-order valence-corrected chi connectivity index (χ1v) is 25.9. The zero-order valence-corrected chi connectivity index (χ0v) is 32.4. The molecule has 0 N–H and O–H groups in total. The Balaban J connectivity index is 0.917. The van der Waals surface area contributed by atoms with Gasteiger partial charge in [-0.2, -0.15) is 0 Å². The van der Waals surface area contributed by atoms with Gasteiger partial charge in [0.1, 0.15) is 0 Å². The van der Waals surface area contributed by atoms with Crippen LogP contribution >= 0.6 is 15.8 Å². The molecular formula is C47H66P2. The van der Waals surface area contributed by atoms with Crippen molar-refractivity contribution in [2.24, 2.45) is 94.7 Å². The summed E-state index contributed by atoms with van der Waals surface area (Å²) in [4.78, 5) is 0. The standard InChI is InChI=1S/C47H66P2/c1-2-4-43(49(46-39-17-30-7-31(19-39)20-40(46)18-30)47-41-21-32-8-33(23-41)24-42(47)22-32)34(3-1)25-48(44-35-9-26-5-27(11-35)12-36(44)10-26)45-37-13-28-6-29(15-37)16-38(45)14-28/h1-4,26-33,35-42,44-47H,5-25H2. The minimum Gasteiger partial charge on any atom is -0.0947 e. The minimum absolute atomic E-state index is 0.0553. The van der Waals surface area contributed by atoms with Gasteiger partial charge in [-0.1, -0.05) is 40.1 Å². The third-order valence-corrected chi connectivity index (χ3v) is 27.6. The first-order valence-electron chi connectivity index (χ1n) is 22.8. The van der Waals surface area contributed by atoms with E-state index >= 15 is 0 Å². The van der Waals surface area contributed by atoms with E-state index in [1.807, 2.05) is 5.56 Å². The van der Waals surface area contributed by atoms with Crippen molar-refractivity contribution in [3.05, 3.63) is 29.8 Å². The highest BCUT2D eigenvalue weighted by molar-refractivity contribution is 7.67. The maximum atomic E-state index is 2.86. The first-order chi connectivity index (χ1) is 24.1.